The van der Waals surface area contributed by atoms with Crippen molar-refractivity contribution < 1.29 is 14.8 Å². The third-order valence-electron chi connectivity index (χ3n) is 4.18. The van der Waals surface area contributed by atoms with Crippen LogP contribution in [0.15, 0.2) is 0 Å². The molecule has 0 aromatic carbocycles. The average molecular weight is 243 g/mol. The van der Waals surface area contributed by atoms with Crippen molar-refractivity contribution in [1.29, 1.82) is 0 Å². The minimum absolute atomic E-state index is 0.0675. The minimum atomic E-state index is -1.07. The van der Waals surface area contributed by atoms with E-state index in [1.165, 1.54) is 0 Å². The topological polar surface area (TPSA) is 80.4 Å². The molecule has 1 aliphatic carbocycles. The second-order valence-corrected chi connectivity index (χ2v) is 5.29. The van der Waals surface area contributed by atoms with Crippen LogP contribution in [0.5, 0.6) is 0 Å². The van der Waals surface area contributed by atoms with Crippen molar-refractivity contribution in [3.8, 4) is 0 Å². The molecule has 0 aromatic heterocycles. The van der Waals surface area contributed by atoms with Gasteiger partial charge in [0.1, 0.15) is 5.78 Å². The summed E-state index contributed by atoms with van der Waals surface area (Å²) in [6.45, 7) is 5.12. The standard InChI is InChI=1S/C12H21NO4/c1-4-10(14)9-8-11(3,13(16)17)6-7-12(9,15)5-2/h9,15H,4-8H2,1-3H3/t9-,11-,12-/m1/s1. The van der Waals surface area contributed by atoms with E-state index in [0.29, 0.717) is 25.7 Å². The van der Waals surface area contributed by atoms with Crippen LogP contribution in [0.25, 0.3) is 0 Å². The number of rotatable bonds is 4. The fourth-order valence-corrected chi connectivity index (χ4v) is 2.64. The molecule has 1 fully saturated rings. The molecule has 1 rings (SSSR count). The smallest absolute Gasteiger partial charge is 0.220 e. The molecule has 0 unspecified atom stereocenters. The molecule has 0 spiro atoms. The third-order valence-corrected chi connectivity index (χ3v) is 4.18. The lowest BCUT2D eigenvalue weighted by Crippen LogP contribution is -2.53. The van der Waals surface area contributed by atoms with Crippen LogP contribution in [0.4, 0.5) is 0 Å². The predicted molar refractivity (Wildman–Crippen MR) is 63.3 cm³/mol. The van der Waals surface area contributed by atoms with E-state index in [-0.39, 0.29) is 17.1 Å². The van der Waals surface area contributed by atoms with Gasteiger partial charge in [0.25, 0.3) is 0 Å². The van der Waals surface area contributed by atoms with Crippen molar-refractivity contribution in [1.82, 2.24) is 0 Å². The van der Waals surface area contributed by atoms with Gasteiger partial charge in [-0.2, -0.15) is 0 Å². The second kappa shape index (κ2) is 4.72. The Morgan fingerprint density at radius 3 is 2.47 bits per heavy atom. The normalized spacial score (nSPS) is 37.8. The molecule has 0 heterocycles. The lowest BCUT2D eigenvalue weighted by molar-refractivity contribution is -0.573. The zero-order valence-corrected chi connectivity index (χ0v) is 10.7. The highest BCUT2D eigenvalue weighted by molar-refractivity contribution is 5.82. The summed E-state index contributed by atoms with van der Waals surface area (Å²) >= 11 is 0. The number of ketones is 1. The van der Waals surface area contributed by atoms with Crippen molar-refractivity contribution in [2.45, 2.75) is 64.0 Å². The van der Waals surface area contributed by atoms with Gasteiger partial charge in [-0.05, 0) is 12.8 Å². The van der Waals surface area contributed by atoms with Crippen LogP contribution in [-0.2, 0) is 4.79 Å². The SMILES string of the molecule is CCC(=O)[C@H]1C[C@](C)([N+](=O)[O-])CC[C@]1(O)CC. The van der Waals surface area contributed by atoms with Crippen molar-refractivity contribution >= 4 is 5.78 Å². The summed E-state index contributed by atoms with van der Waals surface area (Å²) in [4.78, 5) is 22.6. The number of carbonyl (C=O) groups is 1. The summed E-state index contributed by atoms with van der Waals surface area (Å²) in [5.74, 6) is -0.663. The molecule has 0 bridgehead atoms. The fraction of sp³-hybridized carbons (Fsp3) is 0.917. The maximum atomic E-state index is 11.9. The fourth-order valence-electron chi connectivity index (χ4n) is 2.64. The first-order valence-electron chi connectivity index (χ1n) is 6.18. The zero-order valence-electron chi connectivity index (χ0n) is 10.7. The molecule has 5 heteroatoms. The molecule has 17 heavy (non-hydrogen) atoms. The van der Waals surface area contributed by atoms with Gasteiger partial charge in [-0.15, -0.1) is 0 Å². The number of hydrogen-bond acceptors (Lipinski definition) is 4. The monoisotopic (exact) mass is 243 g/mol. The molecule has 0 aliphatic heterocycles. The Kier molecular flexibility index (Phi) is 3.91. The van der Waals surface area contributed by atoms with Gasteiger partial charge in [0.15, 0.2) is 0 Å². The van der Waals surface area contributed by atoms with Crippen LogP contribution in [0.3, 0.4) is 0 Å². The number of hydrogen-bond donors (Lipinski definition) is 1. The Morgan fingerprint density at radius 2 is 2.06 bits per heavy atom. The first-order valence-corrected chi connectivity index (χ1v) is 6.18. The van der Waals surface area contributed by atoms with E-state index in [2.05, 4.69) is 0 Å². The highest BCUT2D eigenvalue weighted by Gasteiger charge is 2.53. The van der Waals surface area contributed by atoms with E-state index < -0.39 is 17.1 Å². The Bertz CT molecular complexity index is 330. The first-order chi connectivity index (χ1) is 7.79. The summed E-state index contributed by atoms with van der Waals surface area (Å²) in [5.41, 5.74) is -2.13. The van der Waals surface area contributed by atoms with Gasteiger partial charge in [-0.3, -0.25) is 14.9 Å². The van der Waals surface area contributed by atoms with Crippen LogP contribution in [0.1, 0.15) is 52.9 Å². The van der Waals surface area contributed by atoms with Crippen LogP contribution in [-0.4, -0.2) is 27.0 Å². The predicted octanol–water partition coefficient (Wildman–Crippen LogP) is 1.94. The van der Waals surface area contributed by atoms with Gasteiger partial charge in [0.05, 0.1) is 11.5 Å². The van der Waals surface area contributed by atoms with Gasteiger partial charge in [0.2, 0.25) is 5.54 Å². The van der Waals surface area contributed by atoms with Crippen LogP contribution in [0.2, 0.25) is 0 Å². The lowest BCUT2D eigenvalue weighted by Gasteiger charge is -2.42. The van der Waals surface area contributed by atoms with E-state index in [9.17, 15) is 20.0 Å². The van der Waals surface area contributed by atoms with Gasteiger partial charge in [-0.1, -0.05) is 13.8 Å². The summed E-state index contributed by atoms with van der Waals surface area (Å²) in [5, 5.41) is 21.5. The van der Waals surface area contributed by atoms with Gasteiger partial charge < -0.3 is 5.11 Å². The van der Waals surface area contributed by atoms with Crippen LogP contribution < -0.4 is 0 Å². The maximum absolute atomic E-state index is 11.9. The van der Waals surface area contributed by atoms with E-state index in [4.69, 9.17) is 0 Å². The van der Waals surface area contributed by atoms with Crippen molar-refractivity contribution in [2.24, 2.45) is 5.92 Å². The average Bonchev–Trinajstić information content (AvgIpc) is 2.31. The minimum Gasteiger partial charge on any atom is -0.389 e. The molecule has 0 amide bonds. The summed E-state index contributed by atoms with van der Waals surface area (Å²) in [7, 11) is 0. The Morgan fingerprint density at radius 1 is 1.47 bits per heavy atom. The van der Waals surface area contributed by atoms with Crippen LogP contribution >= 0.6 is 0 Å². The molecule has 0 aromatic rings. The molecule has 98 valence electrons. The number of Topliss-reactive ketones (excluding diaryl/α,β-unsaturated/α-hetero) is 1. The van der Waals surface area contributed by atoms with Gasteiger partial charge >= 0.3 is 0 Å². The number of carbonyl (C=O) groups excluding carboxylic acids is 1. The molecule has 0 radical (unpaired) electrons. The Labute approximate surface area is 101 Å². The summed E-state index contributed by atoms with van der Waals surface area (Å²) in [6.07, 6.45) is 1.60. The summed E-state index contributed by atoms with van der Waals surface area (Å²) < 4.78 is 0. The molecule has 1 aliphatic rings. The lowest BCUT2D eigenvalue weighted by atomic mass is 9.65. The first kappa shape index (κ1) is 14.1. The van der Waals surface area contributed by atoms with E-state index in [0.717, 1.165) is 0 Å². The highest BCUT2D eigenvalue weighted by Crippen LogP contribution is 2.43. The Balaban J connectivity index is 3.00. The molecule has 5 nitrogen and oxygen atoms in total. The highest BCUT2D eigenvalue weighted by atomic mass is 16.6. The zero-order chi connectivity index (χ0) is 13.3. The second-order valence-electron chi connectivity index (χ2n) is 5.29. The Hall–Kier alpha value is -0.970. The third kappa shape index (κ3) is 2.49. The van der Waals surface area contributed by atoms with E-state index in [1.54, 1.807) is 13.8 Å². The molecule has 1 N–H and O–H groups in total. The molecule has 0 saturated heterocycles. The molecular weight excluding hydrogens is 222 g/mol. The van der Waals surface area contributed by atoms with Crippen LogP contribution in [0, 0.1) is 16.0 Å². The molecule has 1 saturated carbocycles. The summed E-state index contributed by atoms with van der Waals surface area (Å²) in [6, 6.07) is 0. The number of aliphatic hydroxyl groups is 1. The number of nitrogens with zero attached hydrogens (tertiary/aromatic N) is 1. The van der Waals surface area contributed by atoms with Gasteiger partial charge in [-0.25, -0.2) is 0 Å². The molecule has 3 atom stereocenters. The van der Waals surface area contributed by atoms with Crippen molar-refractivity contribution in [3.63, 3.8) is 0 Å². The van der Waals surface area contributed by atoms with E-state index in [1.807, 2.05) is 6.92 Å². The number of nitro groups is 1. The van der Waals surface area contributed by atoms with Crippen molar-refractivity contribution in [2.75, 3.05) is 0 Å². The van der Waals surface area contributed by atoms with Gasteiger partial charge in [0, 0.05) is 31.1 Å². The van der Waals surface area contributed by atoms with Crippen molar-refractivity contribution in [3.05, 3.63) is 10.1 Å². The largest absolute Gasteiger partial charge is 0.389 e. The molecular formula is C12H21NO4. The maximum Gasteiger partial charge on any atom is 0.220 e. The quantitative estimate of drug-likeness (QED) is 0.604. The van der Waals surface area contributed by atoms with E-state index >= 15 is 0 Å².